The number of amides is 2. The number of likely N-dealkylation sites (tertiary alicyclic amines) is 1. The van der Waals surface area contributed by atoms with Gasteiger partial charge in [0.2, 0.25) is 11.8 Å². The van der Waals surface area contributed by atoms with E-state index in [1.165, 1.54) is 13.3 Å². The van der Waals surface area contributed by atoms with Gasteiger partial charge in [-0.05, 0) is 43.5 Å². The van der Waals surface area contributed by atoms with Gasteiger partial charge in [0.25, 0.3) is 0 Å². The zero-order valence-electron chi connectivity index (χ0n) is 12.5. The molecular weight excluding hydrogens is 266 g/mol. The van der Waals surface area contributed by atoms with Crippen molar-refractivity contribution in [3.05, 3.63) is 24.3 Å². The number of anilines is 2. The maximum absolute atomic E-state index is 12.0. The molecule has 1 saturated heterocycles. The Kier molecular flexibility index (Phi) is 5.60. The third-order valence-electron chi connectivity index (χ3n) is 3.58. The molecule has 2 N–H and O–H groups in total. The molecule has 0 bridgehead atoms. The highest BCUT2D eigenvalue weighted by molar-refractivity contribution is 5.88. The first-order chi connectivity index (χ1) is 10.1. The maximum Gasteiger partial charge on any atom is 0.224 e. The number of carbonyl (C=O) groups excluding carboxylic acids is 2. The molecule has 1 fully saturated rings. The highest BCUT2D eigenvalue weighted by Crippen LogP contribution is 2.14. The minimum Gasteiger partial charge on any atom is -0.385 e. The second-order valence-electron chi connectivity index (χ2n) is 5.38. The standard InChI is InChI=1S/C16H23N3O2/c1-13(20)18-15-7-5-14(6-8-15)17-10-9-16(21)19-11-3-2-4-12-19/h5-8,17H,2-4,9-12H2,1H3,(H,18,20). The van der Waals surface area contributed by atoms with Crippen LogP contribution in [0.1, 0.15) is 32.6 Å². The van der Waals surface area contributed by atoms with Crippen LogP contribution in [0, 0.1) is 0 Å². The second kappa shape index (κ2) is 7.67. The molecule has 2 amide bonds. The van der Waals surface area contributed by atoms with Crippen LogP contribution >= 0.6 is 0 Å². The molecule has 2 rings (SSSR count). The Labute approximate surface area is 125 Å². The molecule has 0 aromatic heterocycles. The van der Waals surface area contributed by atoms with E-state index in [9.17, 15) is 9.59 Å². The van der Waals surface area contributed by atoms with Crippen LogP contribution in [0.2, 0.25) is 0 Å². The van der Waals surface area contributed by atoms with Crippen LogP contribution < -0.4 is 10.6 Å². The molecule has 0 unspecified atom stereocenters. The molecule has 21 heavy (non-hydrogen) atoms. The van der Waals surface area contributed by atoms with Crippen LogP contribution in [0.4, 0.5) is 11.4 Å². The molecule has 1 aromatic carbocycles. The van der Waals surface area contributed by atoms with Crippen molar-refractivity contribution >= 4 is 23.2 Å². The Bertz CT molecular complexity index is 479. The van der Waals surface area contributed by atoms with Gasteiger partial charge in [0.1, 0.15) is 0 Å². The van der Waals surface area contributed by atoms with Crippen LogP contribution in [-0.4, -0.2) is 36.3 Å². The van der Waals surface area contributed by atoms with E-state index < -0.39 is 0 Å². The summed E-state index contributed by atoms with van der Waals surface area (Å²) in [7, 11) is 0. The van der Waals surface area contributed by atoms with Gasteiger partial charge in [0.15, 0.2) is 0 Å². The molecule has 1 heterocycles. The molecule has 5 heteroatoms. The number of rotatable bonds is 5. The van der Waals surface area contributed by atoms with E-state index in [4.69, 9.17) is 0 Å². The Morgan fingerprint density at radius 3 is 2.29 bits per heavy atom. The quantitative estimate of drug-likeness (QED) is 0.875. The minimum atomic E-state index is -0.0807. The SMILES string of the molecule is CC(=O)Nc1ccc(NCCC(=O)N2CCCCC2)cc1. The number of nitrogens with zero attached hydrogens (tertiary/aromatic N) is 1. The zero-order valence-corrected chi connectivity index (χ0v) is 12.5. The van der Waals surface area contributed by atoms with Crippen LogP contribution in [0.5, 0.6) is 0 Å². The van der Waals surface area contributed by atoms with Gasteiger partial charge in [-0.2, -0.15) is 0 Å². The van der Waals surface area contributed by atoms with Gasteiger partial charge in [0, 0.05) is 44.4 Å². The zero-order chi connectivity index (χ0) is 15.1. The molecule has 0 spiro atoms. The summed E-state index contributed by atoms with van der Waals surface area (Å²) in [5, 5.41) is 5.96. The molecule has 1 aliphatic heterocycles. The topological polar surface area (TPSA) is 61.4 Å². The fourth-order valence-electron chi connectivity index (χ4n) is 2.49. The number of piperidine rings is 1. The van der Waals surface area contributed by atoms with Gasteiger partial charge in [-0.1, -0.05) is 0 Å². The molecule has 1 aromatic rings. The lowest BCUT2D eigenvalue weighted by molar-refractivity contribution is -0.131. The number of hydrogen-bond acceptors (Lipinski definition) is 3. The smallest absolute Gasteiger partial charge is 0.224 e. The van der Waals surface area contributed by atoms with Gasteiger partial charge in [0.05, 0.1) is 0 Å². The highest BCUT2D eigenvalue weighted by atomic mass is 16.2. The first kappa shape index (κ1) is 15.4. The van der Waals surface area contributed by atoms with Crippen molar-refractivity contribution in [1.82, 2.24) is 4.90 Å². The third-order valence-corrected chi connectivity index (χ3v) is 3.58. The van der Waals surface area contributed by atoms with E-state index in [1.54, 1.807) is 0 Å². The summed E-state index contributed by atoms with van der Waals surface area (Å²) in [6.07, 6.45) is 4.02. The summed E-state index contributed by atoms with van der Waals surface area (Å²) in [5.74, 6) is 0.153. The monoisotopic (exact) mass is 289 g/mol. The Morgan fingerprint density at radius 2 is 1.67 bits per heavy atom. The van der Waals surface area contributed by atoms with Gasteiger partial charge in [-0.25, -0.2) is 0 Å². The van der Waals surface area contributed by atoms with Crippen molar-refractivity contribution in [2.24, 2.45) is 0 Å². The van der Waals surface area contributed by atoms with Crippen molar-refractivity contribution in [1.29, 1.82) is 0 Å². The largest absolute Gasteiger partial charge is 0.385 e. The summed E-state index contributed by atoms with van der Waals surface area (Å²) in [4.78, 5) is 24.9. The Morgan fingerprint density at radius 1 is 1.05 bits per heavy atom. The van der Waals surface area contributed by atoms with E-state index in [1.807, 2.05) is 29.2 Å². The van der Waals surface area contributed by atoms with Crippen LogP contribution in [0.25, 0.3) is 0 Å². The first-order valence-electron chi connectivity index (χ1n) is 7.54. The molecule has 0 saturated carbocycles. The average Bonchev–Trinajstić information content (AvgIpc) is 2.49. The van der Waals surface area contributed by atoms with Crippen LogP contribution in [-0.2, 0) is 9.59 Å². The van der Waals surface area contributed by atoms with Crippen molar-refractivity contribution < 1.29 is 9.59 Å². The molecule has 0 aliphatic carbocycles. The number of carbonyl (C=O) groups is 2. The summed E-state index contributed by atoms with van der Waals surface area (Å²) < 4.78 is 0. The minimum absolute atomic E-state index is 0.0807. The lowest BCUT2D eigenvalue weighted by atomic mass is 10.1. The van der Waals surface area contributed by atoms with E-state index >= 15 is 0 Å². The van der Waals surface area contributed by atoms with Gasteiger partial charge in [-0.15, -0.1) is 0 Å². The summed E-state index contributed by atoms with van der Waals surface area (Å²) in [6, 6.07) is 7.49. The number of hydrogen-bond donors (Lipinski definition) is 2. The Hall–Kier alpha value is -2.04. The number of benzene rings is 1. The average molecular weight is 289 g/mol. The van der Waals surface area contributed by atoms with E-state index in [0.717, 1.165) is 37.3 Å². The predicted molar refractivity (Wildman–Crippen MR) is 84.3 cm³/mol. The summed E-state index contributed by atoms with van der Waals surface area (Å²) in [5.41, 5.74) is 1.73. The molecule has 5 nitrogen and oxygen atoms in total. The predicted octanol–water partition coefficient (Wildman–Crippen LogP) is 2.46. The van der Waals surface area contributed by atoms with Crippen molar-refractivity contribution in [2.45, 2.75) is 32.6 Å². The number of nitrogens with one attached hydrogen (secondary N) is 2. The van der Waals surface area contributed by atoms with E-state index in [0.29, 0.717) is 13.0 Å². The molecule has 0 radical (unpaired) electrons. The van der Waals surface area contributed by atoms with Crippen molar-refractivity contribution in [2.75, 3.05) is 30.3 Å². The van der Waals surface area contributed by atoms with Crippen molar-refractivity contribution in [3.8, 4) is 0 Å². The lowest BCUT2D eigenvalue weighted by Crippen LogP contribution is -2.36. The fourth-order valence-corrected chi connectivity index (χ4v) is 2.49. The van der Waals surface area contributed by atoms with Crippen LogP contribution in [0.3, 0.4) is 0 Å². The molecular formula is C16H23N3O2. The van der Waals surface area contributed by atoms with Crippen LogP contribution in [0.15, 0.2) is 24.3 Å². The van der Waals surface area contributed by atoms with Gasteiger partial charge < -0.3 is 15.5 Å². The lowest BCUT2D eigenvalue weighted by Gasteiger charge is -2.26. The highest BCUT2D eigenvalue weighted by Gasteiger charge is 2.15. The molecule has 114 valence electrons. The maximum atomic E-state index is 12.0. The molecule has 0 atom stereocenters. The summed E-state index contributed by atoms with van der Waals surface area (Å²) >= 11 is 0. The van der Waals surface area contributed by atoms with Gasteiger partial charge >= 0.3 is 0 Å². The van der Waals surface area contributed by atoms with E-state index in [2.05, 4.69) is 10.6 Å². The first-order valence-corrected chi connectivity index (χ1v) is 7.54. The Balaban J connectivity index is 1.72. The fraction of sp³-hybridized carbons (Fsp3) is 0.500. The van der Waals surface area contributed by atoms with Crippen molar-refractivity contribution in [3.63, 3.8) is 0 Å². The third kappa shape index (κ3) is 5.10. The second-order valence-corrected chi connectivity index (χ2v) is 5.38. The summed E-state index contributed by atoms with van der Waals surface area (Å²) in [6.45, 7) is 3.93. The van der Waals surface area contributed by atoms with E-state index in [-0.39, 0.29) is 11.8 Å². The molecule has 1 aliphatic rings. The van der Waals surface area contributed by atoms with Gasteiger partial charge in [-0.3, -0.25) is 9.59 Å². The normalized spacial score (nSPS) is 14.6.